The van der Waals surface area contributed by atoms with Gasteiger partial charge in [-0.3, -0.25) is 4.98 Å². The van der Waals surface area contributed by atoms with E-state index in [1.165, 1.54) is 54.7 Å². The number of fused-ring (bicyclic) bond motifs is 5. The van der Waals surface area contributed by atoms with Crippen LogP contribution in [0, 0.1) is 0 Å². The molecule has 0 aliphatic carbocycles. The Morgan fingerprint density at radius 1 is 0.370 bits per heavy atom. The van der Waals surface area contributed by atoms with Crippen LogP contribution in [0.25, 0.3) is 88.0 Å². The van der Waals surface area contributed by atoms with E-state index in [-0.39, 0.29) is 0 Å². The third-order valence-corrected chi connectivity index (χ3v) is 9.10. The molecule has 0 spiro atoms. The number of para-hydroxylation sites is 1. The van der Waals surface area contributed by atoms with Gasteiger partial charge in [-0.25, -0.2) is 4.98 Å². The smallest absolute Gasteiger partial charge is 0.0780 e. The number of hydrogen-bond donors (Lipinski definition) is 0. The monoisotopic (exact) mass is 584 g/mol. The molecule has 2 heterocycles. The van der Waals surface area contributed by atoms with Crippen molar-refractivity contribution in [2.24, 2.45) is 0 Å². The predicted molar refractivity (Wildman–Crippen MR) is 194 cm³/mol. The summed E-state index contributed by atoms with van der Waals surface area (Å²) < 4.78 is 0. The van der Waals surface area contributed by atoms with E-state index in [1.807, 2.05) is 12.3 Å². The summed E-state index contributed by atoms with van der Waals surface area (Å²) in [7, 11) is 0. The lowest BCUT2D eigenvalue weighted by molar-refractivity contribution is 1.40. The van der Waals surface area contributed by atoms with E-state index < -0.39 is 0 Å². The van der Waals surface area contributed by atoms with Crippen molar-refractivity contribution < 1.29 is 0 Å². The van der Waals surface area contributed by atoms with Crippen LogP contribution >= 0.6 is 0 Å². The van der Waals surface area contributed by atoms with Crippen molar-refractivity contribution in [3.05, 3.63) is 170 Å². The molecule has 0 saturated carbocycles. The minimum absolute atomic E-state index is 0.974. The SMILES string of the molecule is c1ccc(-c2cc(-c3cccc(-c4ccc(-c5cccc6cccnc56)c5ccccc45)c3)c3c(ccc4ccccc43)n2)cc1. The van der Waals surface area contributed by atoms with E-state index in [2.05, 4.69) is 158 Å². The Morgan fingerprint density at radius 3 is 1.89 bits per heavy atom. The van der Waals surface area contributed by atoms with Crippen molar-refractivity contribution in [1.29, 1.82) is 0 Å². The molecule has 0 saturated heterocycles. The van der Waals surface area contributed by atoms with Gasteiger partial charge in [-0.1, -0.05) is 140 Å². The van der Waals surface area contributed by atoms with E-state index in [0.29, 0.717) is 0 Å². The summed E-state index contributed by atoms with van der Waals surface area (Å²) in [6.45, 7) is 0. The van der Waals surface area contributed by atoms with E-state index in [4.69, 9.17) is 9.97 Å². The Bertz CT molecular complexity index is 2580. The summed E-state index contributed by atoms with van der Waals surface area (Å²) in [5.74, 6) is 0. The molecular weight excluding hydrogens is 556 g/mol. The highest BCUT2D eigenvalue weighted by Gasteiger charge is 2.16. The molecule has 0 bridgehead atoms. The molecular formula is C44H28N2. The molecule has 0 atom stereocenters. The fourth-order valence-electron chi connectivity index (χ4n) is 6.95. The highest BCUT2D eigenvalue weighted by molar-refractivity contribution is 6.14. The lowest BCUT2D eigenvalue weighted by Crippen LogP contribution is -1.92. The van der Waals surface area contributed by atoms with Crippen LogP contribution < -0.4 is 0 Å². The fraction of sp³-hybridized carbons (Fsp3) is 0. The van der Waals surface area contributed by atoms with Gasteiger partial charge >= 0.3 is 0 Å². The minimum Gasteiger partial charge on any atom is -0.256 e. The Morgan fingerprint density at radius 2 is 1.02 bits per heavy atom. The van der Waals surface area contributed by atoms with Crippen LogP contribution in [0.1, 0.15) is 0 Å². The number of pyridine rings is 2. The zero-order chi connectivity index (χ0) is 30.5. The first-order chi connectivity index (χ1) is 22.8. The highest BCUT2D eigenvalue weighted by Crippen LogP contribution is 2.41. The first-order valence-electron chi connectivity index (χ1n) is 15.7. The van der Waals surface area contributed by atoms with Gasteiger partial charge in [-0.05, 0) is 73.6 Å². The second-order valence-electron chi connectivity index (χ2n) is 11.8. The van der Waals surface area contributed by atoms with Gasteiger partial charge in [0, 0.05) is 28.1 Å². The maximum atomic E-state index is 5.16. The maximum Gasteiger partial charge on any atom is 0.0780 e. The molecule has 7 aromatic carbocycles. The van der Waals surface area contributed by atoms with E-state index in [1.54, 1.807) is 0 Å². The number of rotatable bonds is 4. The topological polar surface area (TPSA) is 25.8 Å². The molecule has 2 aromatic heterocycles. The van der Waals surface area contributed by atoms with Crippen molar-refractivity contribution in [2.45, 2.75) is 0 Å². The van der Waals surface area contributed by atoms with Crippen molar-refractivity contribution in [2.75, 3.05) is 0 Å². The van der Waals surface area contributed by atoms with Crippen LogP contribution in [-0.4, -0.2) is 9.97 Å². The molecule has 0 aliphatic heterocycles. The minimum atomic E-state index is 0.974. The van der Waals surface area contributed by atoms with Crippen LogP contribution in [0.3, 0.4) is 0 Å². The lowest BCUT2D eigenvalue weighted by atomic mass is 9.89. The number of aromatic nitrogens is 2. The average Bonchev–Trinajstić information content (AvgIpc) is 3.14. The van der Waals surface area contributed by atoms with Gasteiger partial charge in [0.25, 0.3) is 0 Å². The van der Waals surface area contributed by atoms with Crippen molar-refractivity contribution in [1.82, 2.24) is 9.97 Å². The highest BCUT2D eigenvalue weighted by atomic mass is 14.7. The fourth-order valence-corrected chi connectivity index (χ4v) is 6.95. The molecule has 0 fully saturated rings. The molecule has 0 amide bonds. The van der Waals surface area contributed by atoms with Crippen LogP contribution in [0.15, 0.2) is 170 Å². The Labute approximate surface area is 267 Å². The summed E-state index contributed by atoms with van der Waals surface area (Å²) >= 11 is 0. The second-order valence-corrected chi connectivity index (χ2v) is 11.8. The van der Waals surface area contributed by atoms with Gasteiger partial charge in [-0.2, -0.15) is 0 Å². The largest absolute Gasteiger partial charge is 0.256 e. The van der Waals surface area contributed by atoms with Crippen molar-refractivity contribution in [3.63, 3.8) is 0 Å². The standard InChI is InChI=1S/C44H28N2/c1-2-12-30(13-3-1)42-28-40(43-35-18-5-4-11-29(35)22-25-41(43)46-42)33-16-8-15-32(27-33)34-23-24-38(37-20-7-6-19-36(34)37)39-21-9-14-31-17-10-26-45-44(31)39/h1-28H. The molecule has 9 aromatic rings. The van der Waals surface area contributed by atoms with Crippen molar-refractivity contribution in [3.8, 4) is 44.6 Å². The first kappa shape index (κ1) is 26.3. The number of nitrogens with zero attached hydrogens (tertiary/aromatic N) is 2. The summed E-state index contributed by atoms with van der Waals surface area (Å²) in [5, 5.41) is 7.19. The van der Waals surface area contributed by atoms with E-state index >= 15 is 0 Å². The lowest BCUT2D eigenvalue weighted by Gasteiger charge is -2.16. The normalized spacial score (nSPS) is 11.5. The predicted octanol–water partition coefficient (Wildman–Crippen LogP) is 11.8. The van der Waals surface area contributed by atoms with Gasteiger partial charge in [-0.15, -0.1) is 0 Å². The second kappa shape index (κ2) is 10.8. The van der Waals surface area contributed by atoms with Crippen LogP contribution in [0.5, 0.6) is 0 Å². The van der Waals surface area contributed by atoms with Gasteiger partial charge in [0.1, 0.15) is 0 Å². The molecule has 0 unspecified atom stereocenters. The summed E-state index contributed by atoms with van der Waals surface area (Å²) in [6.07, 6.45) is 1.88. The average molecular weight is 585 g/mol. The zero-order valence-electron chi connectivity index (χ0n) is 25.1. The van der Waals surface area contributed by atoms with Gasteiger partial charge in [0.05, 0.1) is 16.7 Å². The number of benzene rings is 7. The summed E-state index contributed by atoms with van der Waals surface area (Å²) in [6, 6.07) is 58.5. The Balaban J connectivity index is 1.26. The van der Waals surface area contributed by atoms with Crippen LogP contribution in [0.2, 0.25) is 0 Å². The molecule has 0 N–H and O–H groups in total. The Kier molecular flexibility index (Phi) is 6.17. The Hall–Kier alpha value is -6.12. The van der Waals surface area contributed by atoms with Crippen LogP contribution in [0.4, 0.5) is 0 Å². The summed E-state index contributed by atoms with van der Waals surface area (Å²) in [4.78, 5) is 9.92. The molecule has 0 radical (unpaired) electrons. The number of hydrogen-bond acceptors (Lipinski definition) is 2. The van der Waals surface area contributed by atoms with Gasteiger partial charge in [0.15, 0.2) is 0 Å². The van der Waals surface area contributed by atoms with Crippen molar-refractivity contribution >= 4 is 43.4 Å². The van der Waals surface area contributed by atoms with Crippen LogP contribution in [-0.2, 0) is 0 Å². The molecule has 2 heteroatoms. The molecule has 2 nitrogen and oxygen atoms in total. The van der Waals surface area contributed by atoms with Gasteiger partial charge < -0.3 is 0 Å². The van der Waals surface area contributed by atoms with E-state index in [0.717, 1.165) is 33.2 Å². The quantitative estimate of drug-likeness (QED) is 0.192. The maximum absolute atomic E-state index is 5.16. The third kappa shape index (κ3) is 4.35. The third-order valence-electron chi connectivity index (χ3n) is 9.10. The van der Waals surface area contributed by atoms with E-state index in [9.17, 15) is 0 Å². The molecule has 46 heavy (non-hydrogen) atoms. The van der Waals surface area contributed by atoms with Gasteiger partial charge in [0.2, 0.25) is 0 Å². The first-order valence-corrected chi connectivity index (χ1v) is 15.7. The molecule has 214 valence electrons. The molecule has 0 aliphatic rings. The zero-order valence-corrected chi connectivity index (χ0v) is 25.1. The summed E-state index contributed by atoms with van der Waals surface area (Å²) in [5.41, 5.74) is 11.2. The molecule has 9 rings (SSSR count).